The number of aromatic nitrogens is 1. The molecule has 0 aliphatic carbocycles. The molecule has 1 aliphatic rings. The standard InChI is InChI=1S/C20H17ClF6N4O2.ClH/c1-17(2)20(26,27)18(3,33-16(28)31-17)11-7-10(4-5-13(11)22)30-15(32)14-12(21)6-9(8-29-14)19(23,24)25;/h4-8H,1-3H3,(H2,28,31)(H,30,32);1H/t18-;/m1./s1. The van der Waals surface area contributed by atoms with E-state index in [-0.39, 0.29) is 18.1 Å². The molecule has 1 aliphatic heterocycles. The smallest absolute Gasteiger partial charge is 0.417 e. The van der Waals surface area contributed by atoms with Crippen molar-refractivity contribution >= 4 is 41.6 Å². The van der Waals surface area contributed by atoms with E-state index in [9.17, 15) is 22.4 Å². The van der Waals surface area contributed by atoms with Crippen LogP contribution in [0.25, 0.3) is 0 Å². The number of nitrogens with zero attached hydrogens (tertiary/aromatic N) is 2. The molecule has 1 atom stereocenters. The molecule has 3 N–H and O–H groups in total. The predicted octanol–water partition coefficient (Wildman–Crippen LogP) is 5.54. The number of carbonyl (C=O) groups excluding carboxylic acids is 1. The highest BCUT2D eigenvalue weighted by atomic mass is 35.5. The Morgan fingerprint density at radius 1 is 1.18 bits per heavy atom. The average molecular weight is 531 g/mol. The Morgan fingerprint density at radius 3 is 2.35 bits per heavy atom. The number of ether oxygens (including phenoxy) is 1. The van der Waals surface area contributed by atoms with Crippen LogP contribution in [0.4, 0.5) is 32.0 Å². The van der Waals surface area contributed by atoms with Crippen molar-refractivity contribution in [2.75, 3.05) is 5.32 Å². The van der Waals surface area contributed by atoms with Gasteiger partial charge in [0.1, 0.15) is 17.1 Å². The monoisotopic (exact) mass is 530 g/mol. The summed E-state index contributed by atoms with van der Waals surface area (Å²) < 4.78 is 88.5. The van der Waals surface area contributed by atoms with Gasteiger partial charge in [-0.3, -0.25) is 4.79 Å². The summed E-state index contributed by atoms with van der Waals surface area (Å²) in [5.41, 5.74) is -1.63. The molecule has 186 valence electrons. The molecule has 1 aromatic heterocycles. The number of anilines is 1. The number of nitrogens with one attached hydrogen (secondary N) is 1. The van der Waals surface area contributed by atoms with Gasteiger partial charge in [0, 0.05) is 17.4 Å². The van der Waals surface area contributed by atoms with Crippen molar-refractivity contribution in [1.82, 2.24) is 4.98 Å². The number of benzene rings is 1. The molecular formula is C20H18Cl2F6N4O2. The predicted molar refractivity (Wildman–Crippen MR) is 115 cm³/mol. The van der Waals surface area contributed by atoms with Crippen molar-refractivity contribution in [3.8, 4) is 0 Å². The third kappa shape index (κ3) is 4.61. The normalized spacial score (nSPS) is 21.1. The van der Waals surface area contributed by atoms with Gasteiger partial charge in [0.25, 0.3) is 11.9 Å². The fraction of sp³-hybridized carbons (Fsp3) is 0.350. The van der Waals surface area contributed by atoms with Gasteiger partial charge < -0.3 is 15.8 Å². The van der Waals surface area contributed by atoms with Gasteiger partial charge in [0.2, 0.25) is 5.60 Å². The van der Waals surface area contributed by atoms with Crippen LogP contribution in [0.5, 0.6) is 0 Å². The fourth-order valence-corrected chi connectivity index (χ4v) is 3.62. The van der Waals surface area contributed by atoms with Gasteiger partial charge in [0.05, 0.1) is 10.6 Å². The highest BCUT2D eigenvalue weighted by molar-refractivity contribution is 6.34. The van der Waals surface area contributed by atoms with Crippen molar-refractivity contribution < 1.29 is 35.9 Å². The van der Waals surface area contributed by atoms with Gasteiger partial charge in [-0.15, -0.1) is 12.4 Å². The molecule has 0 saturated carbocycles. The molecule has 0 radical (unpaired) electrons. The molecule has 0 fully saturated rings. The first-order chi connectivity index (χ1) is 15.0. The highest BCUT2D eigenvalue weighted by Crippen LogP contribution is 2.51. The number of pyridine rings is 1. The van der Waals surface area contributed by atoms with E-state index in [0.717, 1.165) is 39.0 Å². The summed E-state index contributed by atoms with van der Waals surface area (Å²) in [5.74, 6) is -5.87. The Kier molecular flexibility index (Phi) is 7.13. The fourth-order valence-electron chi connectivity index (χ4n) is 3.37. The summed E-state index contributed by atoms with van der Waals surface area (Å²) in [5, 5.41) is 1.65. The number of nitrogens with two attached hydrogens (primary N) is 1. The third-order valence-corrected chi connectivity index (χ3v) is 5.48. The maximum Gasteiger partial charge on any atom is 0.417 e. The lowest BCUT2D eigenvalue weighted by Crippen LogP contribution is -2.62. The molecule has 14 heteroatoms. The minimum Gasteiger partial charge on any atom is -0.448 e. The molecule has 0 bridgehead atoms. The van der Waals surface area contributed by atoms with E-state index in [1.807, 2.05) is 0 Å². The van der Waals surface area contributed by atoms with E-state index in [0.29, 0.717) is 12.3 Å². The maximum atomic E-state index is 15.3. The molecular weight excluding hydrogens is 513 g/mol. The quantitative estimate of drug-likeness (QED) is 0.509. The Morgan fingerprint density at radius 2 is 1.79 bits per heavy atom. The second kappa shape index (κ2) is 8.81. The van der Waals surface area contributed by atoms with E-state index < -0.39 is 62.8 Å². The van der Waals surface area contributed by atoms with E-state index in [4.69, 9.17) is 22.1 Å². The number of carbonyl (C=O) groups is 1. The SMILES string of the molecule is CC1(C)N=C(N)O[C@](C)(c2cc(NC(=O)c3ncc(C(F)(F)F)cc3Cl)ccc2F)C1(F)F.Cl. The zero-order chi connectivity index (χ0) is 25.0. The lowest BCUT2D eigenvalue weighted by molar-refractivity contribution is -0.215. The topological polar surface area (TPSA) is 89.6 Å². The van der Waals surface area contributed by atoms with Crippen LogP contribution < -0.4 is 11.1 Å². The molecule has 6 nitrogen and oxygen atoms in total. The number of amidine groups is 1. The van der Waals surface area contributed by atoms with Crippen LogP contribution in [-0.2, 0) is 16.5 Å². The molecule has 2 heterocycles. The van der Waals surface area contributed by atoms with E-state index >= 15 is 8.78 Å². The lowest BCUT2D eigenvalue weighted by atomic mass is 9.78. The summed E-state index contributed by atoms with van der Waals surface area (Å²) in [6.07, 6.45) is -4.31. The summed E-state index contributed by atoms with van der Waals surface area (Å²) in [6, 6.07) is 2.70. The molecule has 0 saturated heterocycles. The molecule has 1 aromatic carbocycles. The van der Waals surface area contributed by atoms with Crippen molar-refractivity contribution in [1.29, 1.82) is 0 Å². The van der Waals surface area contributed by atoms with Gasteiger partial charge in [-0.25, -0.2) is 14.4 Å². The number of alkyl halides is 5. The van der Waals surface area contributed by atoms with Gasteiger partial charge in [-0.2, -0.15) is 22.0 Å². The summed E-state index contributed by atoms with van der Waals surface area (Å²) in [7, 11) is 0. The van der Waals surface area contributed by atoms with Crippen LogP contribution >= 0.6 is 24.0 Å². The van der Waals surface area contributed by atoms with E-state index in [1.54, 1.807) is 0 Å². The zero-order valence-corrected chi connectivity index (χ0v) is 19.3. The van der Waals surface area contributed by atoms with Gasteiger partial charge in [-0.05, 0) is 45.0 Å². The van der Waals surface area contributed by atoms with Gasteiger partial charge >= 0.3 is 12.1 Å². The van der Waals surface area contributed by atoms with Crippen molar-refractivity contribution in [3.63, 3.8) is 0 Å². The summed E-state index contributed by atoms with van der Waals surface area (Å²) >= 11 is 5.75. The van der Waals surface area contributed by atoms with E-state index in [1.165, 1.54) is 0 Å². The number of amides is 1. The number of hydrogen-bond donors (Lipinski definition) is 2. The van der Waals surface area contributed by atoms with Crippen LogP contribution in [0.2, 0.25) is 5.02 Å². The van der Waals surface area contributed by atoms with Crippen molar-refractivity contribution in [2.24, 2.45) is 10.7 Å². The maximum absolute atomic E-state index is 15.3. The first-order valence-corrected chi connectivity index (χ1v) is 9.63. The van der Waals surface area contributed by atoms with Crippen molar-refractivity contribution in [2.45, 2.75) is 44.0 Å². The summed E-state index contributed by atoms with van der Waals surface area (Å²) in [6.45, 7) is 3.12. The second-order valence-corrected chi connectivity index (χ2v) is 8.33. The highest BCUT2D eigenvalue weighted by Gasteiger charge is 2.66. The van der Waals surface area contributed by atoms with Gasteiger partial charge in [0.15, 0.2) is 0 Å². The number of hydrogen-bond acceptors (Lipinski definition) is 5. The Bertz CT molecular complexity index is 1160. The first kappa shape index (κ1) is 27.5. The van der Waals surface area contributed by atoms with Crippen LogP contribution in [0.3, 0.4) is 0 Å². The largest absolute Gasteiger partial charge is 0.448 e. The van der Waals surface area contributed by atoms with Crippen LogP contribution in [0, 0.1) is 5.82 Å². The van der Waals surface area contributed by atoms with Crippen LogP contribution in [0.15, 0.2) is 35.5 Å². The molecule has 1 amide bonds. The Labute approximate surface area is 200 Å². The first-order valence-electron chi connectivity index (χ1n) is 9.26. The second-order valence-electron chi connectivity index (χ2n) is 7.92. The lowest BCUT2D eigenvalue weighted by Gasteiger charge is -2.47. The number of halogens is 8. The Balaban J connectivity index is 0.00000408. The van der Waals surface area contributed by atoms with E-state index in [2.05, 4.69) is 15.3 Å². The van der Waals surface area contributed by atoms with Crippen LogP contribution in [0.1, 0.15) is 42.4 Å². The molecule has 2 aromatic rings. The van der Waals surface area contributed by atoms with Crippen LogP contribution in [-0.4, -0.2) is 28.4 Å². The third-order valence-electron chi connectivity index (χ3n) is 5.19. The molecule has 34 heavy (non-hydrogen) atoms. The minimum absolute atomic E-state index is 0. The number of aliphatic imine (C=N–C) groups is 1. The Hall–Kier alpha value is -2.73. The van der Waals surface area contributed by atoms with Gasteiger partial charge in [-0.1, -0.05) is 11.6 Å². The number of rotatable bonds is 3. The molecule has 0 spiro atoms. The molecule has 3 rings (SSSR count). The summed E-state index contributed by atoms with van der Waals surface area (Å²) in [4.78, 5) is 19.5. The molecule has 0 unspecified atom stereocenters. The zero-order valence-electron chi connectivity index (χ0n) is 17.7. The van der Waals surface area contributed by atoms with Crippen molar-refractivity contribution in [3.05, 3.63) is 58.1 Å². The average Bonchev–Trinajstić information content (AvgIpc) is 2.66. The minimum atomic E-state index is -4.73.